The lowest BCUT2D eigenvalue weighted by Crippen LogP contribution is -2.16. The van der Waals surface area contributed by atoms with Crippen molar-refractivity contribution in [3.8, 4) is 33.4 Å². The van der Waals surface area contributed by atoms with Crippen molar-refractivity contribution < 1.29 is 0 Å². The maximum atomic E-state index is 2.44. The zero-order valence-corrected chi connectivity index (χ0v) is 36.7. The average Bonchev–Trinajstić information content (AvgIpc) is 3.71. The number of rotatable bonds is 7. The van der Waals surface area contributed by atoms with Crippen LogP contribution in [-0.2, 0) is 10.8 Å². The van der Waals surface area contributed by atoms with E-state index in [1.54, 1.807) is 0 Å². The van der Waals surface area contributed by atoms with Crippen molar-refractivity contribution in [2.45, 2.75) is 38.5 Å². The third-order valence-electron chi connectivity index (χ3n) is 14.2. The first kappa shape index (κ1) is 38.0. The highest BCUT2D eigenvalue weighted by atomic mass is 15.1. The highest BCUT2D eigenvalue weighted by molar-refractivity contribution is 6.01. The summed E-state index contributed by atoms with van der Waals surface area (Å²) in [5.41, 5.74) is 19.8. The molecule has 0 radical (unpaired) electrons. The van der Waals surface area contributed by atoms with Crippen LogP contribution in [0.25, 0.3) is 54.9 Å². The Morgan fingerprint density at radius 1 is 0.281 bits per heavy atom. The predicted octanol–water partition coefficient (Wildman–Crippen LogP) is 17.2. The van der Waals surface area contributed by atoms with E-state index in [1.165, 1.54) is 77.2 Å². The molecule has 2 aliphatic carbocycles. The van der Waals surface area contributed by atoms with Gasteiger partial charge in [0.1, 0.15) is 0 Å². The van der Waals surface area contributed by atoms with Gasteiger partial charge in [-0.05, 0) is 127 Å². The number of fused-ring (bicyclic) bond motifs is 8. The zero-order valence-electron chi connectivity index (χ0n) is 36.7. The Bertz CT molecular complexity index is 3200. The lowest BCUT2D eigenvalue weighted by Gasteiger charge is -2.29. The average molecular weight is 821 g/mol. The molecule has 0 saturated heterocycles. The Hall–Kier alpha value is -7.68. The zero-order chi connectivity index (χ0) is 43.2. The van der Waals surface area contributed by atoms with Gasteiger partial charge in [0.25, 0.3) is 0 Å². The Morgan fingerprint density at radius 3 is 1.06 bits per heavy atom. The number of hydrogen-bond acceptors (Lipinski definition) is 2. The summed E-state index contributed by atoms with van der Waals surface area (Å²) in [6, 6.07) is 80.8. The number of nitrogens with zero attached hydrogens (tertiary/aromatic N) is 2. The maximum absolute atomic E-state index is 2.44. The molecule has 2 nitrogen and oxygen atoms in total. The Morgan fingerprint density at radius 2 is 0.625 bits per heavy atom. The molecule has 10 aromatic carbocycles. The van der Waals surface area contributed by atoms with Gasteiger partial charge in [-0.3, -0.25) is 0 Å². The molecule has 12 rings (SSSR count). The van der Waals surface area contributed by atoms with Gasteiger partial charge in [0.2, 0.25) is 0 Å². The molecule has 0 aliphatic heterocycles. The molecule has 0 amide bonds. The molecular formula is C62H48N2. The second kappa shape index (κ2) is 14.4. The molecule has 64 heavy (non-hydrogen) atoms. The van der Waals surface area contributed by atoms with Crippen LogP contribution in [0.5, 0.6) is 0 Å². The lowest BCUT2D eigenvalue weighted by atomic mass is 9.82. The third kappa shape index (κ3) is 5.86. The first-order valence-corrected chi connectivity index (χ1v) is 22.5. The van der Waals surface area contributed by atoms with Gasteiger partial charge in [-0.15, -0.1) is 0 Å². The van der Waals surface area contributed by atoms with Crippen LogP contribution in [0.2, 0.25) is 0 Å². The highest BCUT2D eigenvalue weighted by Crippen LogP contribution is 2.53. The highest BCUT2D eigenvalue weighted by Gasteiger charge is 2.37. The van der Waals surface area contributed by atoms with Gasteiger partial charge in [0.05, 0.1) is 11.4 Å². The van der Waals surface area contributed by atoms with E-state index in [0.29, 0.717) is 0 Å². The fourth-order valence-corrected chi connectivity index (χ4v) is 10.9. The van der Waals surface area contributed by atoms with Crippen LogP contribution in [0.1, 0.15) is 49.9 Å². The standard InChI is InChI=1S/C62H48N2/c1-61(2)55-23-11-9-21-51(55)53-37-35-47(39-57(53)61)63(59-25-13-17-43-15-5-7-19-49(43)59)45-31-27-41(28-32-45)42-29-33-46(34-30-42)64(60-26-14-18-44-16-6-8-20-50(44)60)48-36-38-54-52-22-10-12-24-56(52)62(3,4)58(54)40-48/h5-40H,1-4H3. The van der Waals surface area contributed by atoms with Crippen molar-refractivity contribution in [2.75, 3.05) is 9.80 Å². The molecule has 10 aromatic rings. The van der Waals surface area contributed by atoms with E-state index in [-0.39, 0.29) is 10.8 Å². The topological polar surface area (TPSA) is 6.48 Å². The minimum Gasteiger partial charge on any atom is -0.310 e. The fraction of sp³-hybridized carbons (Fsp3) is 0.0968. The molecule has 0 fully saturated rings. The molecule has 0 N–H and O–H groups in total. The third-order valence-corrected chi connectivity index (χ3v) is 14.2. The molecule has 2 aliphatic rings. The molecule has 2 heteroatoms. The van der Waals surface area contributed by atoms with E-state index in [4.69, 9.17) is 0 Å². The van der Waals surface area contributed by atoms with Crippen LogP contribution in [-0.4, -0.2) is 0 Å². The van der Waals surface area contributed by atoms with Gasteiger partial charge in [-0.25, -0.2) is 0 Å². The van der Waals surface area contributed by atoms with Crippen molar-refractivity contribution in [1.82, 2.24) is 0 Å². The molecule has 0 bridgehead atoms. The predicted molar refractivity (Wildman–Crippen MR) is 271 cm³/mol. The van der Waals surface area contributed by atoms with Crippen LogP contribution in [0.15, 0.2) is 218 Å². The van der Waals surface area contributed by atoms with Gasteiger partial charge in [0.15, 0.2) is 0 Å². The van der Waals surface area contributed by atoms with E-state index in [0.717, 1.165) is 34.1 Å². The Balaban J connectivity index is 0.935. The second-order valence-corrected chi connectivity index (χ2v) is 18.6. The summed E-state index contributed by atoms with van der Waals surface area (Å²) in [5.74, 6) is 0. The van der Waals surface area contributed by atoms with E-state index >= 15 is 0 Å². The largest absolute Gasteiger partial charge is 0.310 e. The fourth-order valence-electron chi connectivity index (χ4n) is 10.9. The summed E-state index contributed by atoms with van der Waals surface area (Å²) in [6.07, 6.45) is 0. The van der Waals surface area contributed by atoms with Gasteiger partial charge in [-0.2, -0.15) is 0 Å². The van der Waals surface area contributed by atoms with Gasteiger partial charge >= 0.3 is 0 Å². The molecule has 0 unspecified atom stereocenters. The molecule has 0 heterocycles. The van der Waals surface area contributed by atoms with Gasteiger partial charge < -0.3 is 9.80 Å². The summed E-state index contributed by atoms with van der Waals surface area (Å²) < 4.78 is 0. The summed E-state index contributed by atoms with van der Waals surface area (Å²) in [7, 11) is 0. The minimum atomic E-state index is -0.103. The van der Waals surface area contributed by atoms with Crippen LogP contribution in [0.3, 0.4) is 0 Å². The summed E-state index contributed by atoms with van der Waals surface area (Å²) >= 11 is 0. The molecule has 0 atom stereocenters. The van der Waals surface area contributed by atoms with Crippen molar-refractivity contribution in [1.29, 1.82) is 0 Å². The summed E-state index contributed by atoms with van der Waals surface area (Å²) in [6.45, 7) is 9.43. The van der Waals surface area contributed by atoms with Crippen molar-refractivity contribution in [3.63, 3.8) is 0 Å². The summed E-state index contributed by atoms with van der Waals surface area (Å²) in [4.78, 5) is 4.88. The quantitative estimate of drug-likeness (QED) is 0.158. The SMILES string of the molecule is CC1(C)c2ccccc2-c2ccc(N(c3ccc(-c4ccc(N(c5ccc6c(c5)C(C)(C)c5ccccc5-6)c5cccc6ccccc56)cc4)cc3)c3cccc4ccccc34)cc21. The smallest absolute Gasteiger partial charge is 0.0540 e. The van der Waals surface area contributed by atoms with Gasteiger partial charge in [-0.1, -0.05) is 185 Å². The van der Waals surface area contributed by atoms with Crippen molar-refractivity contribution in [2.24, 2.45) is 0 Å². The Labute approximate surface area is 376 Å². The van der Waals surface area contributed by atoms with E-state index in [2.05, 4.69) is 256 Å². The summed E-state index contributed by atoms with van der Waals surface area (Å²) in [5, 5.41) is 4.89. The molecular weight excluding hydrogens is 773 g/mol. The van der Waals surface area contributed by atoms with Gasteiger partial charge in [0, 0.05) is 44.4 Å². The first-order chi connectivity index (χ1) is 31.3. The molecule has 0 spiro atoms. The Kier molecular flexibility index (Phi) is 8.58. The van der Waals surface area contributed by atoms with Crippen LogP contribution in [0.4, 0.5) is 34.1 Å². The van der Waals surface area contributed by atoms with Crippen LogP contribution >= 0.6 is 0 Å². The molecule has 0 saturated carbocycles. The maximum Gasteiger partial charge on any atom is 0.0540 e. The lowest BCUT2D eigenvalue weighted by molar-refractivity contribution is 0.660. The molecule has 0 aromatic heterocycles. The number of anilines is 6. The molecule has 306 valence electrons. The van der Waals surface area contributed by atoms with Crippen molar-refractivity contribution >= 4 is 55.7 Å². The van der Waals surface area contributed by atoms with Crippen LogP contribution < -0.4 is 9.80 Å². The van der Waals surface area contributed by atoms with E-state index in [1.807, 2.05) is 0 Å². The number of benzene rings is 10. The van der Waals surface area contributed by atoms with E-state index < -0.39 is 0 Å². The monoisotopic (exact) mass is 820 g/mol. The first-order valence-electron chi connectivity index (χ1n) is 22.5. The minimum absolute atomic E-state index is 0.103. The van der Waals surface area contributed by atoms with Crippen LogP contribution in [0, 0.1) is 0 Å². The second-order valence-electron chi connectivity index (χ2n) is 18.6. The number of hydrogen-bond donors (Lipinski definition) is 0. The normalized spacial score (nSPS) is 13.9. The van der Waals surface area contributed by atoms with Crippen molar-refractivity contribution in [3.05, 3.63) is 241 Å². The van der Waals surface area contributed by atoms with E-state index in [9.17, 15) is 0 Å².